The number of carbonyl (C=O) groups excluding carboxylic acids is 1. The first-order chi connectivity index (χ1) is 15.7. The van der Waals surface area contributed by atoms with Crippen LogP contribution in [0.5, 0.6) is 0 Å². The fraction of sp³-hybridized carbons (Fsp3) is 0.414. The third-order valence-corrected chi connectivity index (χ3v) is 5.98. The number of hydrogen-bond donors (Lipinski definition) is 0. The molecule has 0 aliphatic rings. The van der Waals surface area contributed by atoms with Crippen LogP contribution < -0.4 is 0 Å². The molecule has 0 heterocycles. The van der Waals surface area contributed by atoms with Crippen molar-refractivity contribution in [1.29, 1.82) is 10.5 Å². The molecule has 0 spiro atoms. The molecule has 0 radical (unpaired) electrons. The largest absolute Gasteiger partial charge is 0.294 e. The third-order valence-electron chi connectivity index (χ3n) is 5.98. The lowest BCUT2D eigenvalue weighted by Gasteiger charge is -2.26. The second kappa shape index (κ2) is 14.0. The maximum atomic E-state index is 12.8. The van der Waals surface area contributed by atoms with Gasteiger partial charge in [0.2, 0.25) is 0 Å². The first-order valence-corrected chi connectivity index (χ1v) is 11.8. The first kappa shape index (κ1) is 25.1. The van der Waals surface area contributed by atoms with E-state index in [1.165, 1.54) is 11.1 Å². The molecule has 0 bridgehead atoms. The molecule has 2 aromatic rings. The number of unbranched alkanes of at least 4 members (excludes halogenated alkanes) is 2. The van der Waals surface area contributed by atoms with Crippen LogP contribution in [0.25, 0.3) is 0 Å². The molecule has 32 heavy (non-hydrogen) atoms. The summed E-state index contributed by atoms with van der Waals surface area (Å²) in [5.41, 5.74) is 4.20. The van der Waals surface area contributed by atoms with E-state index < -0.39 is 5.92 Å². The second-order valence-corrected chi connectivity index (χ2v) is 8.25. The van der Waals surface area contributed by atoms with Crippen molar-refractivity contribution in [2.24, 2.45) is 5.92 Å². The molecule has 1 atom stereocenters. The number of benzene rings is 2. The molecule has 166 valence electrons. The van der Waals surface area contributed by atoms with E-state index in [-0.39, 0.29) is 11.7 Å². The summed E-state index contributed by atoms with van der Waals surface area (Å²) in [4.78, 5) is 12.8. The van der Waals surface area contributed by atoms with E-state index in [9.17, 15) is 15.3 Å². The summed E-state index contributed by atoms with van der Waals surface area (Å²) >= 11 is 0. The van der Waals surface area contributed by atoms with Gasteiger partial charge >= 0.3 is 0 Å². The molecule has 2 aromatic carbocycles. The fourth-order valence-corrected chi connectivity index (χ4v) is 4.22. The Morgan fingerprint density at radius 3 is 1.91 bits per heavy atom. The average molecular weight is 427 g/mol. The topological polar surface area (TPSA) is 64.7 Å². The van der Waals surface area contributed by atoms with Gasteiger partial charge in [0, 0.05) is 17.9 Å². The molecular weight excluding hydrogens is 392 g/mol. The maximum Gasteiger partial charge on any atom is 0.163 e. The van der Waals surface area contributed by atoms with Crippen LogP contribution in [-0.4, -0.2) is 5.78 Å². The van der Waals surface area contributed by atoms with Gasteiger partial charge in [-0.15, -0.1) is 0 Å². The van der Waals surface area contributed by atoms with E-state index in [2.05, 4.69) is 26.0 Å². The summed E-state index contributed by atoms with van der Waals surface area (Å²) in [7, 11) is 0. The molecule has 1 unspecified atom stereocenters. The van der Waals surface area contributed by atoms with E-state index >= 15 is 0 Å². The molecule has 3 nitrogen and oxygen atoms in total. The van der Waals surface area contributed by atoms with Gasteiger partial charge in [-0.1, -0.05) is 98.5 Å². The molecule has 0 saturated heterocycles. The standard InChI is InChI=1S/C29H34N2O/c1-3-5-13-23(19-20-28(32)24-14-9-7-10-15-24)27(18-6-4-2)29(26(21-30)22-31)25-16-11-8-12-17-25/h7-12,14-17,26,29H,3-6,13,18-20H2,1-2H3/b27-23-. The zero-order valence-electron chi connectivity index (χ0n) is 19.4. The van der Waals surface area contributed by atoms with E-state index in [0.717, 1.165) is 49.7 Å². The number of nitriles is 2. The van der Waals surface area contributed by atoms with Gasteiger partial charge in [0.05, 0.1) is 12.1 Å². The number of ketones is 1. The van der Waals surface area contributed by atoms with Crippen molar-refractivity contribution in [2.45, 2.75) is 71.1 Å². The molecule has 0 aliphatic heterocycles. The lowest BCUT2D eigenvalue weighted by Crippen LogP contribution is -2.15. The number of carbonyl (C=O) groups is 1. The van der Waals surface area contributed by atoms with Crippen LogP contribution in [0.3, 0.4) is 0 Å². The van der Waals surface area contributed by atoms with Crippen LogP contribution in [0.2, 0.25) is 0 Å². The monoisotopic (exact) mass is 426 g/mol. The highest BCUT2D eigenvalue weighted by molar-refractivity contribution is 5.96. The van der Waals surface area contributed by atoms with Crippen molar-refractivity contribution in [3.05, 3.63) is 82.9 Å². The maximum absolute atomic E-state index is 12.8. The van der Waals surface area contributed by atoms with E-state index in [1.54, 1.807) is 0 Å². The zero-order valence-corrected chi connectivity index (χ0v) is 19.4. The molecule has 0 saturated carbocycles. The molecule has 0 aliphatic carbocycles. The lowest BCUT2D eigenvalue weighted by atomic mass is 9.76. The van der Waals surface area contributed by atoms with Gasteiger partial charge in [0.25, 0.3) is 0 Å². The van der Waals surface area contributed by atoms with Crippen LogP contribution in [0.1, 0.15) is 87.1 Å². The van der Waals surface area contributed by atoms with Crippen LogP contribution in [0.15, 0.2) is 71.8 Å². The van der Waals surface area contributed by atoms with Crippen molar-refractivity contribution in [1.82, 2.24) is 0 Å². The summed E-state index contributed by atoms with van der Waals surface area (Å²) < 4.78 is 0. The quantitative estimate of drug-likeness (QED) is 0.243. The average Bonchev–Trinajstić information content (AvgIpc) is 2.85. The Balaban J connectivity index is 2.49. The minimum Gasteiger partial charge on any atom is -0.294 e. The van der Waals surface area contributed by atoms with E-state index in [4.69, 9.17) is 0 Å². The third kappa shape index (κ3) is 7.21. The van der Waals surface area contributed by atoms with Crippen molar-refractivity contribution >= 4 is 5.78 Å². The van der Waals surface area contributed by atoms with Gasteiger partial charge in [-0.05, 0) is 37.7 Å². The number of rotatable bonds is 13. The highest BCUT2D eigenvalue weighted by Gasteiger charge is 2.28. The Bertz CT molecular complexity index is 934. The highest BCUT2D eigenvalue weighted by Crippen LogP contribution is 2.39. The van der Waals surface area contributed by atoms with Crippen LogP contribution in [-0.2, 0) is 0 Å². The van der Waals surface area contributed by atoms with Crippen molar-refractivity contribution in [3.8, 4) is 12.1 Å². The summed E-state index contributed by atoms with van der Waals surface area (Å²) in [5, 5.41) is 19.6. The number of nitrogens with zero attached hydrogens (tertiary/aromatic N) is 2. The summed E-state index contributed by atoms with van der Waals surface area (Å²) in [6, 6.07) is 23.9. The van der Waals surface area contributed by atoms with Gasteiger partial charge in [0.1, 0.15) is 5.92 Å². The lowest BCUT2D eigenvalue weighted by molar-refractivity contribution is 0.0982. The van der Waals surface area contributed by atoms with Gasteiger partial charge in [-0.2, -0.15) is 10.5 Å². The van der Waals surface area contributed by atoms with Gasteiger partial charge in [0.15, 0.2) is 5.78 Å². The van der Waals surface area contributed by atoms with Crippen molar-refractivity contribution in [3.63, 3.8) is 0 Å². The minimum absolute atomic E-state index is 0.141. The molecule has 0 amide bonds. The zero-order chi connectivity index (χ0) is 23.2. The molecule has 0 aromatic heterocycles. The Labute approximate surface area is 193 Å². The van der Waals surface area contributed by atoms with E-state index in [1.807, 2.05) is 60.7 Å². The van der Waals surface area contributed by atoms with Gasteiger partial charge in [-0.3, -0.25) is 4.79 Å². The van der Waals surface area contributed by atoms with Crippen LogP contribution in [0, 0.1) is 28.6 Å². The fourth-order valence-electron chi connectivity index (χ4n) is 4.22. The van der Waals surface area contributed by atoms with Crippen LogP contribution in [0.4, 0.5) is 0 Å². The number of Topliss-reactive ketones (excluding diaryl/α,β-unsaturated/α-hetero) is 1. The van der Waals surface area contributed by atoms with Gasteiger partial charge < -0.3 is 0 Å². The summed E-state index contributed by atoms with van der Waals surface area (Å²) in [5.74, 6) is -0.857. The van der Waals surface area contributed by atoms with Crippen molar-refractivity contribution < 1.29 is 4.79 Å². The van der Waals surface area contributed by atoms with Crippen molar-refractivity contribution in [2.75, 3.05) is 0 Å². The second-order valence-electron chi connectivity index (χ2n) is 8.25. The molecule has 2 rings (SSSR count). The Kier molecular flexibility index (Phi) is 11.0. The Hall–Kier alpha value is -3.17. The predicted octanol–water partition coefficient (Wildman–Crippen LogP) is 7.77. The summed E-state index contributed by atoms with van der Waals surface area (Å²) in [6.45, 7) is 4.33. The molecular formula is C29H34N2O. The predicted molar refractivity (Wildman–Crippen MR) is 130 cm³/mol. The van der Waals surface area contributed by atoms with Crippen LogP contribution >= 0.6 is 0 Å². The first-order valence-electron chi connectivity index (χ1n) is 11.8. The highest BCUT2D eigenvalue weighted by atomic mass is 16.1. The normalized spacial score (nSPS) is 12.5. The SMILES string of the molecule is CCCC/C(CCC(=O)c1ccccc1)=C(\CCCC)C(c1ccccc1)C(C#N)C#N. The number of allylic oxidation sites excluding steroid dienone is 2. The molecule has 0 N–H and O–H groups in total. The van der Waals surface area contributed by atoms with E-state index in [0.29, 0.717) is 12.8 Å². The Morgan fingerprint density at radius 1 is 0.781 bits per heavy atom. The minimum atomic E-state index is -0.745. The number of hydrogen-bond acceptors (Lipinski definition) is 3. The van der Waals surface area contributed by atoms with Gasteiger partial charge in [-0.25, -0.2) is 0 Å². The molecule has 0 fully saturated rings. The smallest absolute Gasteiger partial charge is 0.163 e. The Morgan fingerprint density at radius 2 is 1.34 bits per heavy atom. The summed E-state index contributed by atoms with van der Waals surface area (Å²) in [6.07, 6.45) is 7.04. The molecule has 3 heteroatoms.